The first kappa shape index (κ1) is 25.9. The van der Waals surface area contributed by atoms with Crippen molar-refractivity contribution < 1.29 is 19.1 Å². The van der Waals surface area contributed by atoms with Crippen molar-refractivity contribution in [2.24, 2.45) is 11.0 Å². The van der Waals surface area contributed by atoms with E-state index >= 15 is 0 Å². The number of amides is 2. The zero-order chi connectivity index (χ0) is 25.5. The van der Waals surface area contributed by atoms with Gasteiger partial charge in [-0.15, -0.1) is 0 Å². The van der Waals surface area contributed by atoms with Crippen LogP contribution in [0.3, 0.4) is 0 Å². The van der Waals surface area contributed by atoms with Gasteiger partial charge >= 0.3 is 0 Å². The van der Waals surface area contributed by atoms with E-state index in [1.54, 1.807) is 17.0 Å². The van der Waals surface area contributed by atoms with E-state index in [2.05, 4.69) is 4.90 Å². The molecule has 0 saturated carbocycles. The van der Waals surface area contributed by atoms with Gasteiger partial charge in [0.2, 0.25) is 5.91 Å². The lowest BCUT2D eigenvalue weighted by molar-refractivity contribution is -0.143. The van der Waals surface area contributed by atoms with Crippen LogP contribution in [-0.4, -0.2) is 85.4 Å². The average Bonchev–Trinajstić information content (AvgIpc) is 3.37. The van der Waals surface area contributed by atoms with Crippen LogP contribution in [0.4, 0.5) is 0 Å². The molecular formula is C28H36N4O4. The van der Waals surface area contributed by atoms with Gasteiger partial charge in [-0.2, -0.15) is 5.10 Å². The Morgan fingerprint density at radius 1 is 1.11 bits per heavy atom. The summed E-state index contributed by atoms with van der Waals surface area (Å²) in [6.07, 6.45) is 0.592. The number of nitrogens with zero attached hydrogens (tertiary/aromatic N) is 4. The predicted octanol–water partition coefficient (Wildman–Crippen LogP) is 3.19. The van der Waals surface area contributed by atoms with Gasteiger partial charge in [0.25, 0.3) is 5.91 Å². The van der Waals surface area contributed by atoms with Gasteiger partial charge in [-0.1, -0.05) is 56.3 Å². The summed E-state index contributed by atoms with van der Waals surface area (Å²) in [7, 11) is 1.63. The van der Waals surface area contributed by atoms with Gasteiger partial charge in [0.05, 0.1) is 32.1 Å². The highest BCUT2D eigenvalue weighted by Gasteiger charge is 2.34. The molecule has 2 amide bonds. The number of hydrogen-bond donors (Lipinski definition) is 0. The molecule has 8 nitrogen and oxygen atoms in total. The number of carbonyl (C=O) groups is 2. The Bertz CT molecular complexity index is 1070. The third-order valence-electron chi connectivity index (χ3n) is 6.67. The molecule has 4 rings (SSSR count). The molecule has 192 valence electrons. The van der Waals surface area contributed by atoms with Crippen LogP contribution in [0.15, 0.2) is 59.7 Å². The van der Waals surface area contributed by atoms with Crippen LogP contribution in [0, 0.1) is 5.92 Å². The van der Waals surface area contributed by atoms with Crippen molar-refractivity contribution >= 4 is 17.5 Å². The third kappa shape index (κ3) is 6.30. The standard InChI is InChI=1S/C28H36N4O4/c1-21(2)28(34)31(13-12-30-14-16-36-17-15-30)20-27(33)32-26(22-8-5-4-6-9-22)19-25(29-32)23-10-7-11-24(18-23)35-3/h4-11,18,21,26H,12-17,19-20H2,1-3H3/t26-/m1/s1. The smallest absolute Gasteiger partial charge is 0.262 e. The van der Waals surface area contributed by atoms with E-state index in [0.29, 0.717) is 26.2 Å². The molecule has 2 aliphatic rings. The molecule has 2 heterocycles. The monoisotopic (exact) mass is 492 g/mol. The van der Waals surface area contributed by atoms with E-state index in [-0.39, 0.29) is 30.3 Å². The summed E-state index contributed by atoms with van der Waals surface area (Å²) in [5.41, 5.74) is 2.77. The Kier molecular flexibility index (Phi) is 8.72. The molecule has 0 aliphatic carbocycles. The zero-order valence-electron chi connectivity index (χ0n) is 21.4. The lowest BCUT2D eigenvalue weighted by Gasteiger charge is -2.31. The normalized spacial score (nSPS) is 18.3. The average molecular weight is 493 g/mol. The lowest BCUT2D eigenvalue weighted by atomic mass is 9.98. The maximum Gasteiger partial charge on any atom is 0.262 e. The molecule has 0 N–H and O–H groups in total. The molecule has 2 aliphatic heterocycles. The minimum absolute atomic E-state index is 0.000419. The SMILES string of the molecule is COc1cccc(C2=NN(C(=O)CN(CCN3CCOCC3)C(=O)C(C)C)[C@@H](c3ccccc3)C2)c1. The first-order valence-corrected chi connectivity index (χ1v) is 12.6. The van der Waals surface area contributed by atoms with E-state index in [1.807, 2.05) is 68.4 Å². The van der Waals surface area contributed by atoms with Crippen molar-refractivity contribution in [1.82, 2.24) is 14.8 Å². The first-order valence-electron chi connectivity index (χ1n) is 12.6. The van der Waals surface area contributed by atoms with Crippen molar-refractivity contribution in [3.8, 4) is 5.75 Å². The van der Waals surface area contributed by atoms with Crippen LogP contribution in [-0.2, 0) is 14.3 Å². The summed E-state index contributed by atoms with van der Waals surface area (Å²) in [5.74, 6) is 0.344. The number of benzene rings is 2. The highest BCUT2D eigenvalue weighted by atomic mass is 16.5. The quantitative estimate of drug-likeness (QED) is 0.538. The van der Waals surface area contributed by atoms with Gasteiger partial charge in [0, 0.05) is 44.1 Å². The summed E-state index contributed by atoms with van der Waals surface area (Å²) in [6.45, 7) is 8.04. The fourth-order valence-electron chi connectivity index (χ4n) is 4.61. The molecule has 0 spiro atoms. The fraction of sp³-hybridized carbons (Fsp3) is 0.464. The molecule has 0 aromatic heterocycles. The minimum atomic E-state index is -0.227. The second-order valence-electron chi connectivity index (χ2n) is 9.52. The first-order chi connectivity index (χ1) is 17.5. The molecule has 1 fully saturated rings. The minimum Gasteiger partial charge on any atom is -0.497 e. The molecule has 0 bridgehead atoms. The maximum absolute atomic E-state index is 13.7. The van der Waals surface area contributed by atoms with E-state index in [4.69, 9.17) is 14.6 Å². The molecule has 1 saturated heterocycles. The second kappa shape index (κ2) is 12.1. The van der Waals surface area contributed by atoms with Gasteiger partial charge in [-0.3, -0.25) is 14.5 Å². The van der Waals surface area contributed by atoms with Crippen LogP contribution in [0.25, 0.3) is 0 Å². The number of methoxy groups -OCH3 is 1. The molecule has 0 unspecified atom stereocenters. The number of rotatable bonds is 9. The van der Waals surface area contributed by atoms with Crippen molar-refractivity contribution in [2.45, 2.75) is 26.3 Å². The second-order valence-corrected chi connectivity index (χ2v) is 9.52. The third-order valence-corrected chi connectivity index (χ3v) is 6.67. The van der Waals surface area contributed by atoms with Crippen LogP contribution >= 0.6 is 0 Å². The van der Waals surface area contributed by atoms with Gasteiger partial charge in [-0.05, 0) is 17.7 Å². The predicted molar refractivity (Wildman–Crippen MR) is 139 cm³/mol. The Labute approximate surface area is 213 Å². The number of hydrazone groups is 1. The van der Waals surface area contributed by atoms with Gasteiger partial charge in [-0.25, -0.2) is 5.01 Å². The van der Waals surface area contributed by atoms with Crippen molar-refractivity contribution in [3.05, 3.63) is 65.7 Å². The summed E-state index contributed by atoms with van der Waals surface area (Å²) in [4.78, 5) is 30.7. The topological polar surface area (TPSA) is 74.7 Å². The number of morpholine rings is 1. The van der Waals surface area contributed by atoms with Gasteiger partial charge in [0.1, 0.15) is 12.3 Å². The fourth-order valence-corrected chi connectivity index (χ4v) is 4.61. The summed E-state index contributed by atoms with van der Waals surface area (Å²) in [6, 6.07) is 17.4. The molecule has 2 aromatic carbocycles. The number of carbonyl (C=O) groups excluding carboxylic acids is 2. The Morgan fingerprint density at radius 2 is 1.86 bits per heavy atom. The summed E-state index contributed by atoms with van der Waals surface area (Å²) < 4.78 is 10.8. The maximum atomic E-state index is 13.7. The van der Waals surface area contributed by atoms with Crippen LogP contribution in [0.2, 0.25) is 0 Å². The molecule has 2 aromatic rings. The number of hydrogen-bond acceptors (Lipinski definition) is 6. The van der Waals surface area contributed by atoms with Crippen molar-refractivity contribution in [3.63, 3.8) is 0 Å². The molecule has 1 atom stereocenters. The molecule has 8 heteroatoms. The largest absolute Gasteiger partial charge is 0.497 e. The van der Waals surface area contributed by atoms with Crippen molar-refractivity contribution in [2.75, 3.05) is 53.0 Å². The van der Waals surface area contributed by atoms with E-state index in [9.17, 15) is 9.59 Å². The molecular weight excluding hydrogens is 456 g/mol. The molecule has 36 heavy (non-hydrogen) atoms. The van der Waals surface area contributed by atoms with Crippen molar-refractivity contribution in [1.29, 1.82) is 0 Å². The van der Waals surface area contributed by atoms with E-state index in [0.717, 1.165) is 42.2 Å². The summed E-state index contributed by atoms with van der Waals surface area (Å²) >= 11 is 0. The van der Waals surface area contributed by atoms with Crippen LogP contribution in [0.5, 0.6) is 5.75 Å². The van der Waals surface area contributed by atoms with E-state index < -0.39 is 0 Å². The van der Waals surface area contributed by atoms with Gasteiger partial charge < -0.3 is 14.4 Å². The van der Waals surface area contributed by atoms with Crippen LogP contribution in [0.1, 0.15) is 37.4 Å². The highest BCUT2D eigenvalue weighted by Crippen LogP contribution is 2.33. The Morgan fingerprint density at radius 3 is 2.56 bits per heavy atom. The Hall–Kier alpha value is -3.23. The Balaban J connectivity index is 1.55. The molecule has 0 radical (unpaired) electrons. The van der Waals surface area contributed by atoms with E-state index in [1.165, 1.54) is 0 Å². The van der Waals surface area contributed by atoms with Gasteiger partial charge in [0.15, 0.2) is 0 Å². The highest BCUT2D eigenvalue weighted by molar-refractivity contribution is 6.03. The summed E-state index contributed by atoms with van der Waals surface area (Å²) in [5, 5.41) is 6.35. The number of ether oxygens (including phenoxy) is 2. The van der Waals surface area contributed by atoms with Crippen LogP contribution < -0.4 is 4.74 Å². The zero-order valence-corrected chi connectivity index (χ0v) is 21.4. The lowest BCUT2D eigenvalue weighted by Crippen LogP contribution is -2.47.